The van der Waals surface area contributed by atoms with E-state index in [0.717, 1.165) is 16.0 Å². The van der Waals surface area contributed by atoms with E-state index >= 15 is 0 Å². The van der Waals surface area contributed by atoms with Crippen molar-refractivity contribution in [1.82, 2.24) is 4.98 Å². The minimum absolute atomic E-state index is 0.254. The molecule has 0 fully saturated rings. The first-order valence-corrected chi connectivity index (χ1v) is 7.25. The fourth-order valence-electron chi connectivity index (χ4n) is 2.17. The SMILES string of the molecule is CC1(C#Cc2cncs2)OC(=O)Cc2ccc(Cl)cc21. The monoisotopic (exact) mass is 303 g/mol. The van der Waals surface area contributed by atoms with Crippen LogP contribution in [0.2, 0.25) is 5.02 Å². The van der Waals surface area contributed by atoms with Gasteiger partial charge in [0.1, 0.15) is 0 Å². The number of halogens is 1. The lowest BCUT2D eigenvalue weighted by molar-refractivity contribution is -0.155. The van der Waals surface area contributed by atoms with Gasteiger partial charge < -0.3 is 4.74 Å². The summed E-state index contributed by atoms with van der Waals surface area (Å²) in [5.74, 6) is 5.76. The fraction of sp³-hybridized carbons (Fsp3) is 0.200. The Balaban J connectivity index is 2.09. The molecule has 20 heavy (non-hydrogen) atoms. The molecular formula is C15H10ClNO2S. The third-order valence-corrected chi connectivity index (χ3v) is 4.02. The predicted molar refractivity (Wildman–Crippen MR) is 77.6 cm³/mol. The summed E-state index contributed by atoms with van der Waals surface area (Å²) in [5.41, 5.74) is 2.50. The first kappa shape index (κ1) is 13.2. The highest BCUT2D eigenvalue weighted by atomic mass is 35.5. The molecule has 1 aromatic heterocycles. The Labute approximate surface area is 125 Å². The van der Waals surface area contributed by atoms with Gasteiger partial charge in [0.2, 0.25) is 0 Å². The number of ether oxygens (including phenoxy) is 1. The van der Waals surface area contributed by atoms with Crippen LogP contribution < -0.4 is 0 Å². The quantitative estimate of drug-likeness (QED) is 0.554. The van der Waals surface area contributed by atoms with Gasteiger partial charge in [-0.05, 0) is 36.5 Å². The van der Waals surface area contributed by atoms with E-state index in [1.807, 2.05) is 12.1 Å². The molecule has 2 heterocycles. The summed E-state index contributed by atoms with van der Waals surface area (Å²) in [6, 6.07) is 5.44. The van der Waals surface area contributed by atoms with Gasteiger partial charge in [-0.3, -0.25) is 9.78 Å². The van der Waals surface area contributed by atoms with Crippen LogP contribution in [0.15, 0.2) is 29.9 Å². The number of nitrogens with zero attached hydrogens (tertiary/aromatic N) is 1. The molecule has 0 bridgehead atoms. The van der Waals surface area contributed by atoms with E-state index < -0.39 is 5.60 Å². The van der Waals surface area contributed by atoms with Crippen LogP contribution >= 0.6 is 22.9 Å². The Kier molecular flexibility index (Phi) is 3.25. The zero-order valence-electron chi connectivity index (χ0n) is 10.6. The van der Waals surface area contributed by atoms with Crippen molar-refractivity contribution >= 4 is 28.9 Å². The molecule has 0 spiro atoms. The highest BCUT2D eigenvalue weighted by molar-refractivity contribution is 7.10. The van der Waals surface area contributed by atoms with Gasteiger partial charge in [0, 0.05) is 10.6 Å². The summed E-state index contributed by atoms with van der Waals surface area (Å²) in [7, 11) is 0. The molecule has 0 saturated heterocycles. The number of rotatable bonds is 0. The Morgan fingerprint density at radius 3 is 3.10 bits per heavy atom. The maximum absolute atomic E-state index is 11.8. The van der Waals surface area contributed by atoms with Crippen LogP contribution in [0, 0.1) is 11.8 Å². The van der Waals surface area contributed by atoms with Gasteiger partial charge in [-0.1, -0.05) is 17.7 Å². The molecule has 5 heteroatoms. The summed E-state index contributed by atoms with van der Waals surface area (Å²) >= 11 is 7.49. The summed E-state index contributed by atoms with van der Waals surface area (Å²) in [6.07, 6.45) is 1.94. The number of hydrogen-bond donors (Lipinski definition) is 0. The second kappa shape index (κ2) is 4.93. The van der Waals surface area contributed by atoms with Crippen molar-refractivity contribution < 1.29 is 9.53 Å². The summed E-state index contributed by atoms with van der Waals surface area (Å²) in [6.45, 7) is 1.78. The van der Waals surface area contributed by atoms with Crippen molar-refractivity contribution in [3.63, 3.8) is 0 Å². The molecule has 1 aliphatic heterocycles. The van der Waals surface area contributed by atoms with Gasteiger partial charge in [0.05, 0.1) is 23.0 Å². The van der Waals surface area contributed by atoms with E-state index in [-0.39, 0.29) is 12.4 Å². The van der Waals surface area contributed by atoms with Crippen LogP contribution in [-0.2, 0) is 21.6 Å². The number of cyclic esters (lactones) is 1. The molecule has 0 aliphatic carbocycles. The van der Waals surface area contributed by atoms with Crippen molar-refractivity contribution in [1.29, 1.82) is 0 Å². The van der Waals surface area contributed by atoms with Gasteiger partial charge in [-0.15, -0.1) is 11.3 Å². The molecule has 0 saturated carbocycles. The van der Waals surface area contributed by atoms with E-state index in [1.54, 1.807) is 24.7 Å². The topological polar surface area (TPSA) is 39.2 Å². The van der Waals surface area contributed by atoms with Gasteiger partial charge in [0.25, 0.3) is 0 Å². The van der Waals surface area contributed by atoms with Gasteiger partial charge in [0.15, 0.2) is 5.60 Å². The van der Waals surface area contributed by atoms with E-state index in [0.29, 0.717) is 5.02 Å². The maximum atomic E-state index is 11.8. The molecule has 0 amide bonds. The number of carbonyl (C=O) groups is 1. The Hall–Kier alpha value is -1.83. The van der Waals surface area contributed by atoms with E-state index in [4.69, 9.17) is 16.3 Å². The van der Waals surface area contributed by atoms with Gasteiger partial charge in [-0.2, -0.15) is 0 Å². The largest absolute Gasteiger partial charge is 0.441 e. The molecule has 2 aromatic rings. The predicted octanol–water partition coefficient (Wildman–Crippen LogP) is 3.16. The minimum Gasteiger partial charge on any atom is -0.441 e. The molecule has 1 aromatic carbocycles. The lowest BCUT2D eigenvalue weighted by atomic mass is 9.88. The normalized spacial score (nSPS) is 20.6. The molecular weight excluding hydrogens is 294 g/mol. The highest BCUT2D eigenvalue weighted by Crippen LogP contribution is 2.34. The van der Waals surface area contributed by atoms with Crippen LogP contribution in [0.4, 0.5) is 0 Å². The average Bonchev–Trinajstić information content (AvgIpc) is 2.91. The maximum Gasteiger partial charge on any atom is 0.312 e. The molecule has 1 atom stereocenters. The van der Waals surface area contributed by atoms with E-state index in [1.165, 1.54) is 11.3 Å². The standard InChI is InChI=1S/C15H10ClNO2S/c1-15(5-4-12-8-17-9-20-12)13-7-11(16)3-2-10(13)6-14(18)19-15/h2-3,7-9H,6H2,1H3. The smallest absolute Gasteiger partial charge is 0.312 e. The second-order valence-corrected chi connectivity index (χ2v) is 5.92. The van der Waals surface area contributed by atoms with Crippen molar-refractivity contribution in [3.05, 3.63) is 50.9 Å². The third-order valence-electron chi connectivity index (χ3n) is 3.10. The van der Waals surface area contributed by atoms with E-state index in [2.05, 4.69) is 16.8 Å². The molecule has 1 unspecified atom stereocenters. The number of esters is 1. The molecule has 0 N–H and O–H groups in total. The van der Waals surface area contributed by atoms with Crippen molar-refractivity contribution in [2.45, 2.75) is 18.9 Å². The number of thiazole rings is 1. The van der Waals surface area contributed by atoms with Crippen LogP contribution in [0.1, 0.15) is 22.9 Å². The lowest BCUT2D eigenvalue weighted by Crippen LogP contribution is -2.34. The molecule has 0 radical (unpaired) electrons. The summed E-state index contributed by atoms with van der Waals surface area (Å²) in [5, 5.41) is 0.604. The Bertz CT molecular complexity index is 730. The summed E-state index contributed by atoms with van der Waals surface area (Å²) < 4.78 is 5.47. The Morgan fingerprint density at radius 1 is 1.50 bits per heavy atom. The lowest BCUT2D eigenvalue weighted by Gasteiger charge is -2.31. The summed E-state index contributed by atoms with van der Waals surface area (Å²) in [4.78, 5) is 16.6. The molecule has 3 rings (SSSR count). The van der Waals surface area contributed by atoms with Crippen LogP contribution in [0.3, 0.4) is 0 Å². The minimum atomic E-state index is -0.973. The van der Waals surface area contributed by atoms with Crippen molar-refractivity contribution in [2.24, 2.45) is 0 Å². The highest BCUT2D eigenvalue weighted by Gasteiger charge is 2.36. The first-order valence-electron chi connectivity index (χ1n) is 5.99. The fourth-order valence-corrected chi connectivity index (χ4v) is 2.81. The number of carbonyl (C=O) groups excluding carboxylic acids is 1. The molecule has 1 aliphatic rings. The Morgan fingerprint density at radius 2 is 2.35 bits per heavy atom. The van der Waals surface area contributed by atoms with Crippen molar-refractivity contribution in [3.8, 4) is 11.8 Å². The van der Waals surface area contributed by atoms with E-state index in [9.17, 15) is 4.79 Å². The molecule has 3 nitrogen and oxygen atoms in total. The zero-order valence-corrected chi connectivity index (χ0v) is 12.2. The van der Waals surface area contributed by atoms with Crippen LogP contribution in [0.25, 0.3) is 0 Å². The van der Waals surface area contributed by atoms with Crippen molar-refractivity contribution in [2.75, 3.05) is 0 Å². The number of hydrogen-bond acceptors (Lipinski definition) is 4. The molecule has 100 valence electrons. The third kappa shape index (κ3) is 2.43. The van der Waals surface area contributed by atoms with Gasteiger partial charge in [-0.25, -0.2) is 0 Å². The number of fused-ring (bicyclic) bond motifs is 1. The first-order chi connectivity index (χ1) is 9.57. The average molecular weight is 304 g/mol. The van der Waals surface area contributed by atoms with Crippen LogP contribution in [0.5, 0.6) is 0 Å². The zero-order chi connectivity index (χ0) is 14.2. The second-order valence-electron chi connectivity index (χ2n) is 4.60. The van der Waals surface area contributed by atoms with Crippen LogP contribution in [-0.4, -0.2) is 11.0 Å². The van der Waals surface area contributed by atoms with Gasteiger partial charge >= 0.3 is 5.97 Å². The number of benzene rings is 1. The number of aromatic nitrogens is 1.